The number of benzene rings is 2. The summed E-state index contributed by atoms with van der Waals surface area (Å²) in [7, 11) is 0. The van der Waals surface area contributed by atoms with Crippen molar-refractivity contribution in [3.05, 3.63) is 86.4 Å². The van der Waals surface area contributed by atoms with Crippen molar-refractivity contribution < 1.29 is 0 Å². The highest BCUT2D eigenvalue weighted by molar-refractivity contribution is 7.98. The fraction of sp³-hybridized carbons (Fsp3) is 0.292. The summed E-state index contributed by atoms with van der Waals surface area (Å²) >= 11 is 7.88. The molecule has 0 radical (unpaired) electrons. The Morgan fingerprint density at radius 1 is 1.00 bits per heavy atom. The number of halogens is 1. The second-order valence-corrected chi connectivity index (χ2v) is 8.97. The van der Waals surface area contributed by atoms with Crippen LogP contribution in [0.1, 0.15) is 28.9 Å². The second kappa shape index (κ2) is 9.28. The summed E-state index contributed by atoms with van der Waals surface area (Å²) in [5.74, 6) is 0.768. The maximum Gasteiger partial charge on any atom is 0.262 e. The summed E-state index contributed by atoms with van der Waals surface area (Å²) in [5.41, 5.74) is 5.02. The summed E-state index contributed by atoms with van der Waals surface area (Å²) in [5, 5.41) is 6.60. The van der Waals surface area contributed by atoms with Gasteiger partial charge in [0.05, 0.1) is 27.3 Å². The van der Waals surface area contributed by atoms with E-state index in [1.54, 1.807) is 16.3 Å². The fourth-order valence-corrected chi connectivity index (χ4v) is 4.88. The van der Waals surface area contributed by atoms with Gasteiger partial charge in [0.1, 0.15) is 0 Å². The Labute approximate surface area is 191 Å². The molecule has 0 saturated heterocycles. The lowest BCUT2D eigenvalue weighted by Gasteiger charge is -2.14. The Balaban J connectivity index is 1.61. The normalized spacial score (nSPS) is 11.4. The van der Waals surface area contributed by atoms with Gasteiger partial charge in [-0.3, -0.25) is 14.0 Å². The molecule has 0 atom stereocenters. The number of nitrogens with zero attached hydrogens (tertiary/aromatic N) is 4. The average Bonchev–Trinajstić information content (AvgIpc) is 3.01. The molecule has 0 saturated carbocycles. The number of rotatable bonds is 7. The molecule has 31 heavy (non-hydrogen) atoms. The van der Waals surface area contributed by atoms with Crippen LogP contribution in [0.3, 0.4) is 0 Å². The molecular weight excluding hydrogens is 428 g/mol. The molecule has 2 aromatic heterocycles. The van der Waals surface area contributed by atoms with E-state index in [4.69, 9.17) is 16.6 Å². The summed E-state index contributed by atoms with van der Waals surface area (Å²) in [6.45, 7) is 7.25. The molecule has 0 bridgehead atoms. The minimum atomic E-state index is 0.00397. The topological polar surface area (TPSA) is 52.7 Å². The van der Waals surface area contributed by atoms with Gasteiger partial charge in [-0.25, -0.2) is 4.98 Å². The lowest BCUT2D eigenvalue weighted by atomic mass is 10.1. The lowest BCUT2D eigenvalue weighted by Crippen LogP contribution is -2.24. The molecule has 0 fully saturated rings. The van der Waals surface area contributed by atoms with E-state index in [1.807, 2.05) is 54.9 Å². The average molecular weight is 453 g/mol. The highest BCUT2D eigenvalue weighted by Gasteiger charge is 2.13. The van der Waals surface area contributed by atoms with Gasteiger partial charge in [-0.2, -0.15) is 5.10 Å². The van der Waals surface area contributed by atoms with Crippen LogP contribution < -0.4 is 5.56 Å². The Morgan fingerprint density at radius 3 is 2.48 bits per heavy atom. The number of fused-ring (bicyclic) bond motifs is 1. The number of aryl methyl sites for hydroxylation is 3. The molecule has 5 nitrogen and oxygen atoms in total. The summed E-state index contributed by atoms with van der Waals surface area (Å²) in [6.07, 6.45) is 0.760. The number of thioether (sulfide) groups is 1. The molecule has 0 N–H and O–H groups in total. The molecule has 4 aromatic rings. The number of aromatic nitrogens is 4. The number of para-hydroxylation sites is 1. The zero-order chi connectivity index (χ0) is 22.0. The Hall–Kier alpha value is -2.57. The predicted molar refractivity (Wildman–Crippen MR) is 128 cm³/mol. The number of hydrogen-bond donors (Lipinski definition) is 0. The first kappa shape index (κ1) is 21.7. The third-order valence-corrected chi connectivity index (χ3v) is 7.06. The van der Waals surface area contributed by atoms with Crippen LogP contribution in [0.4, 0.5) is 0 Å². The third kappa shape index (κ3) is 4.55. The molecule has 0 unspecified atom stereocenters. The number of hydrogen-bond acceptors (Lipinski definition) is 4. The van der Waals surface area contributed by atoms with E-state index in [0.717, 1.165) is 34.2 Å². The van der Waals surface area contributed by atoms with Crippen LogP contribution >= 0.6 is 23.4 Å². The monoisotopic (exact) mass is 452 g/mol. The van der Waals surface area contributed by atoms with E-state index in [-0.39, 0.29) is 5.56 Å². The van der Waals surface area contributed by atoms with Crippen molar-refractivity contribution in [3.63, 3.8) is 0 Å². The molecule has 7 heteroatoms. The van der Waals surface area contributed by atoms with Crippen LogP contribution in [0.15, 0.2) is 58.5 Å². The quantitative estimate of drug-likeness (QED) is 0.272. The van der Waals surface area contributed by atoms with Crippen molar-refractivity contribution in [1.82, 2.24) is 19.3 Å². The van der Waals surface area contributed by atoms with Gasteiger partial charge < -0.3 is 0 Å². The molecule has 0 aliphatic carbocycles. The van der Waals surface area contributed by atoms with E-state index in [9.17, 15) is 4.79 Å². The molecule has 0 spiro atoms. The highest BCUT2D eigenvalue weighted by atomic mass is 35.5. The van der Waals surface area contributed by atoms with Crippen LogP contribution in [0.5, 0.6) is 0 Å². The predicted octanol–water partition coefficient (Wildman–Crippen LogP) is 5.55. The van der Waals surface area contributed by atoms with Crippen molar-refractivity contribution in [1.29, 1.82) is 0 Å². The third-order valence-electron chi connectivity index (χ3n) is 5.49. The van der Waals surface area contributed by atoms with E-state index >= 15 is 0 Å². The van der Waals surface area contributed by atoms with Crippen LogP contribution in [0, 0.1) is 20.8 Å². The first-order chi connectivity index (χ1) is 15.0. The maximum absolute atomic E-state index is 13.3. The molecule has 4 rings (SSSR count). The standard InChI is InChI=1S/C24H25ClN4OS/c1-16-9-4-5-10-19(16)15-31-24-26-21-12-7-6-11-20(21)23(30)28(24)13-8-14-29-18(3)22(25)17(2)27-29/h4-7,9-12H,8,13-15H2,1-3H3. The van der Waals surface area contributed by atoms with Gasteiger partial charge in [-0.05, 0) is 50.5 Å². The largest absolute Gasteiger partial charge is 0.287 e. The Bertz CT molecular complexity index is 1290. The van der Waals surface area contributed by atoms with E-state index in [0.29, 0.717) is 23.5 Å². The molecule has 0 aliphatic rings. The van der Waals surface area contributed by atoms with Gasteiger partial charge in [0.15, 0.2) is 5.16 Å². The second-order valence-electron chi connectivity index (χ2n) is 7.64. The van der Waals surface area contributed by atoms with Gasteiger partial charge in [0.25, 0.3) is 5.56 Å². The molecule has 0 aliphatic heterocycles. The fourth-order valence-electron chi connectivity index (χ4n) is 3.64. The zero-order valence-electron chi connectivity index (χ0n) is 17.9. The van der Waals surface area contributed by atoms with Crippen LogP contribution in [-0.2, 0) is 18.8 Å². The van der Waals surface area contributed by atoms with Crippen molar-refractivity contribution >= 4 is 34.3 Å². The smallest absolute Gasteiger partial charge is 0.262 e. The van der Waals surface area contributed by atoms with Gasteiger partial charge in [0.2, 0.25) is 0 Å². The van der Waals surface area contributed by atoms with Crippen molar-refractivity contribution in [3.8, 4) is 0 Å². The molecule has 2 heterocycles. The SMILES string of the molecule is Cc1ccccc1CSc1nc2ccccc2c(=O)n1CCCn1nc(C)c(Cl)c1C. The minimum absolute atomic E-state index is 0.00397. The summed E-state index contributed by atoms with van der Waals surface area (Å²) in [6, 6.07) is 15.9. The van der Waals surface area contributed by atoms with E-state index in [1.165, 1.54) is 11.1 Å². The van der Waals surface area contributed by atoms with Crippen LogP contribution in [0.25, 0.3) is 10.9 Å². The van der Waals surface area contributed by atoms with Gasteiger partial charge in [-0.15, -0.1) is 0 Å². The van der Waals surface area contributed by atoms with Crippen LogP contribution in [0.2, 0.25) is 5.02 Å². The van der Waals surface area contributed by atoms with E-state index in [2.05, 4.69) is 24.2 Å². The Kier molecular flexibility index (Phi) is 6.49. The molecule has 0 amide bonds. The first-order valence-electron chi connectivity index (χ1n) is 10.3. The Morgan fingerprint density at radius 2 is 1.74 bits per heavy atom. The first-order valence-corrected chi connectivity index (χ1v) is 11.7. The van der Waals surface area contributed by atoms with Crippen LogP contribution in [-0.4, -0.2) is 19.3 Å². The lowest BCUT2D eigenvalue weighted by molar-refractivity contribution is 0.487. The summed E-state index contributed by atoms with van der Waals surface area (Å²) < 4.78 is 3.72. The summed E-state index contributed by atoms with van der Waals surface area (Å²) in [4.78, 5) is 18.1. The molecule has 160 valence electrons. The maximum atomic E-state index is 13.3. The van der Waals surface area contributed by atoms with Crippen molar-refractivity contribution in [2.75, 3.05) is 0 Å². The van der Waals surface area contributed by atoms with Gasteiger partial charge in [-0.1, -0.05) is 59.8 Å². The minimum Gasteiger partial charge on any atom is -0.287 e. The van der Waals surface area contributed by atoms with Crippen molar-refractivity contribution in [2.24, 2.45) is 0 Å². The van der Waals surface area contributed by atoms with Crippen molar-refractivity contribution in [2.45, 2.75) is 51.2 Å². The highest BCUT2D eigenvalue weighted by Crippen LogP contribution is 2.24. The molecule has 2 aromatic carbocycles. The van der Waals surface area contributed by atoms with Gasteiger partial charge in [0, 0.05) is 18.8 Å². The zero-order valence-corrected chi connectivity index (χ0v) is 19.5. The van der Waals surface area contributed by atoms with E-state index < -0.39 is 0 Å². The van der Waals surface area contributed by atoms with Gasteiger partial charge >= 0.3 is 0 Å². The molecular formula is C24H25ClN4OS.